The van der Waals surface area contributed by atoms with Gasteiger partial charge in [-0.3, -0.25) is 9.59 Å². The molecule has 0 radical (unpaired) electrons. The van der Waals surface area contributed by atoms with Crippen LogP contribution in [0, 0.1) is 5.41 Å². The van der Waals surface area contributed by atoms with Crippen LogP contribution in [-0.4, -0.2) is 35.0 Å². The van der Waals surface area contributed by atoms with E-state index in [4.69, 9.17) is 0 Å². The van der Waals surface area contributed by atoms with Gasteiger partial charge in [0, 0.05) is 19.5 Å². The third kappa shape index (κ3) is 2.54. The van der Waals surface area contributed by atoms with Gasteiger partial charge in [0.05, 0.1) is 5.41 Å². The maximum absolute atomic E-state index is 11.8. The number of hydrogen-bond donors (Lipinski definition) is 1. The molecule has 1 fully saturated rings. The lowest BCUT2D eigenvalue weighted by Crippen LogP contribution is -2.49. The number of carbonyl (C=O) groups excluding carboxylic acids is 1. The summed E-state index contributed by atoms with van der Waals surface area (Å²) in [5.74, 6) is -0.662. The van der Waals surface area contributed by atoms with Crippen LogP contribution >= 0.6 is 0 Å². The molecule has 0 saturated carbocycles. The number of hydrogen-bond acceptors (Lipinski definition) is 2. The molecule has 92 valence electrons. The van der Waals surface area contributed by atoms with Gasteiger partial charge >= 0.3 is 5.97 Å². The Morgan fingerprint density at radius 2 is 2.06 bits per heavy atom. The number of piperidine rings is 1. The van der Waals surface area contributed by atoms with Crippen molar-refractivity contribution in [1.82, 2.24) is 4.90 Å². The zero-order valence-electron chi connectivity index (χ0n) is 10.2. The third-order valence-electron chi connectivity index (χ3n) is 3.52. The molecule has 0 spiro atoms. The minimum absolute atomic E-state index is 0.0984. The van der Waals surface area contributed by atoms with E-state index in [0.29, 0.717) is 32.4 Å². The van der Waals surface area contributed by atoms with Crippen LogP contribution in [0.4, 0.5) is 0 Å². The fourth-order valence-electron chi connectivity index (χ4n) is 2.33. The van der Waals surface area contributed by atoms with Crippen molar-refractivity contribution in [3.63, 3.8) is 0 Å². The molecule has 1 amide bonds. The lowest BCUT2D eigenvalue weighted by atomic mass is 9.77. The number of carbonyl (C=O) groups is 2. The average Bonchev–Trinajstić information content (AvgIpc) is 2.29. The molecule has 0 aromatic carbocycles. The molecule has 1 aliphatic rings. The van der Waals surface area contributed by atoms with Crippen LogP contribution < -0.4 is 0 Å². The zero-order chi connectivity index (χ0) is 12.2. The number of aliphatic carboxylic acids is 1. The second-order valence-corrected chi connectivity index (χ2v) is 4.61. The second kappa shape index (κ2) is 5.32. The van der Waals surface area contributed by atoms with Crippen molar-refractivity contribution in [2.24, 2.45) is 5.41 Å². The van der Waals surface area contributed by atoms with Crippen LogP contribution in [0.15, 0.2) is 0 Å². The molecular formula is C12H21NO3. The summed E-state index contributed by atoms with van der Waals surface area (Å²) in [6.45, 7) is 4.96. The first kappa shape index (κ1) is 13.0. The first-order valence-electron chi connectivity index (χ1n) is 6.07. The van der Waals surface area contributed by atoms with Crippen molar-refractivity contribution in [3.8, 4) is 0 Å². The molecule has 1 N–H and O–H groups in total. The van der Waals surface area contributed by atoms with Crippen molar-refractivity contribution >= 4 is 11.9 Å². The van der Waals surface area contributed by atoms with Crippen LogP contribution in [0.1, 0.15) is 46.0 Å². The van der Waals surface area contributed by atoms with Crippen molar-refractivity contribution < 1.29 is 14.7 Å². The van der Waals surface area contributed by atoms with E-state index in [2.05, 4.69) is 0 Å². The van der Waals surface area contributed by atoms with Gasteiger partial charge < -0.3 is 10.0 Å². The highest BCUT2D eigenvalue weighted by atomic mass is 16.4. The summed E-state index contributed by atoms with van der Waals surface area (Å²) < 4.78 is 0. The molecule has 0 aromatic heterocycles. The molecule has 4 heteroatoms. The molecule has 0 aliphatic carbocycles. The first-order chi connectivity index (χ1) is 7.55. The van der Waals surface area contributed by atoms with Crippen molar-refractivity contribution in [2.45, 2.75) is 46.0 Å². The highest BCUT2D eigenvalue weighted by Crippen LogP contribution is 2.33. The van der Waals surface area contributed by atoms with E-state index in [1.54, 1.807) is 4.90 Å². The molecule has 1 saturated heterocycles. The largest absolute Gasteiger partial charge is 0.481 e. The van der Waals surface area contributed by atoms with Crippen LogP contribution in [0.3, 0.4) is 0 Å². The minimum atomic E-state index is -0.760. The number of likely N-dealkylation sites (tertiary alicyclic amines) is 1. The summed E-state index contributed by atoms with van der Waals surface area (Å²) in [5, 5.41) is 9.28. The Labute approximate surface area is 96.6 Å². The van der Waals surface area contributed by atoms with Gasteiger partial charge in [0.15, 0.2) is 0 Å². The van der Waals surface area contributed by atoms with E-state index in [-0.39, 0.29) is 5.91 Å². The van der Waals surface area contributed by atoms with Crippen LogP contribution in [0.2, 0.25) is 0 Å². The fourth-order valence-corrected chi connectivity index (χ4v) is 2.33. The molecule has 1 heterocycles. The number of rotatable bonds is 4. The predicted molar refractivity (Wildman–Crippen MR) is 61.1 cm³/mol. The Balaban J connectivity index is 2.72. The summed E-state index contributed by atoms with van der Waals surface area (Å²) in [7, 11) is 0. The van der Waals surface area contributed by atoms with E-state index in [1.807, 2.05) is 13.8 Å². The number of carboxylic acids is 1. The second-order valence-electron chi connectivity index (χ2n) is 4.61. The fraction of sp³-hybridized carbons (Fsp3) is 0.833. The lowest BCUT2D eigenvalue weighted by Gasteiger charge is -2.39. The summed E-state index contributed by atoms with van der Waals surface area (Å²) in [6.07, 6.45) is 3.43. The maximum Gasteiger partial charge on any atom is 0.311 e. The van der Waals surface area contributed by atoms with Crippen LogP contribution in [-0.2, 0) is 9.59 Å². The first-order valence-corrected chi connectivity index (χ1v) is 6.07. The molecule has 16 heavy (non-hydrogen) atoms. The van der Waals surface area contributed by atoms with E-state index in [9.17, 15) is 14.7 Å². The van der Waals surface area contributed by atoms with Crippen LogP contribution in [0.5, 0.6) is 0 Å². The van der Waals surface area contributed by atoms with E-state index >= 15 is 0 Å². The molecule has 1 unspecified atom stereocenters. The van der Waals surface area contributed by atoms with Gasteiger partial charge in [0.2, 0.25) is 5.91 Å². The summed E-state index contributed by atoms with van der Waals surface area (Å²) in [6, 6.07) is 0. The number of amides is 1. The van der Waals surface area contributed by atoms with Crippen molar-refractivity contribution in [3.05, 3.63) is 0 Å². The Morgan fingerprint density at radius 3 is 2.56 bits per heavy atom. The molecule has 0 bridgehead atoms. The molecule has 1 atom stereocenters. The van der Waals surface area contributed by atoms with Gasteiger partial charge in [-0.1, -0.05) is 13.8 Å². The number of nitrogens with zero attached hydrogens (tertiary/aromatic N) is 1. The topological polar surface area (TPSA) is 57.6 Å². The average molecular weight is 227 g/mol. The molecule has 0 aromatic rings. The molecule has 1 aliphatic heterocycles. The maximum atomic E-state index is 11.8. The van der Waals surface area contributed by atoms with E-state index in [0.717, 1.165) is 12.8 Å². The summed E-state index contributed by atoms with van der Waals surface area (Å²) in [5.41, 5.74) is -0.707. The quantitative estimate of drug-likeness (QED) is 0.798. The van der Waals surface area contributed by atoms with Crippen LogP contribution in [0.25, 0.3) is 0 Å². The third-order valence-corrected chi connectivity index (χ3v) is 3.52. The van der Waals surface area contributed by atoms with Gasteiger partial charge in [-0.15, -0.1) is 0 Å². The van der Waals surface area contributed by atoms with Gasteiger partial charge in [0.1, 0.15) is 0 Å². The van der Waals surface area contributed by atoms with E-state index in [1.165, 1.54) is 0 Å². The number of carboxylic acid groups (broad SMARTS) is 1. The van der Waals surface area contributed by atoms with E-state index < -0.39 is 11.4 Å². The highest BCUT2D eigenvalue weighted by molar-refractivity contribution is 5.79. The predicted octanol–water partition coefficient (Wildman–Crippen LogP) is 1.89. The summed E-state index contributed by atoms with van der Waals surface area (Å²) in [4.78, 5) is 24.8. The Hall–Kier alpha value is -1.06. The normalized spacial score (nSPS) is 25.5. The summed E-state index contributed by atoms with van der Waals surface area (Å²) >= 11 is 0. The Kier molecular flexibility index (Phi) is 4.33. The van der Waals surface area contributed by atoms with Gasteiger partial charge in [0.25, 0.3) is 0 Å². The molecular weight excluding hydrogens is 206 g/mol. The SMILES string of the molecule is CCCC(=O)N1CCCC(CC)(C(=O)O)C1. The molecule has 4 nitrogen and oxygen atoms in total. The van der Waals surface area contributed by atoms with Gasteiger partial charge in [-0.05, 0) is 25.7 Å². The smallest absolute Gasteiger partial charge is 0.311 e. The Morgan fingerprint density at radius 1 is 1.38 bits per heavy atom. The standard InChI is InChI=1S/C12H21NO3/c1-3-6-10(14)13-8-5-7-12(4-2,9-13)11(15)16/h3-9H2,1-2H3,(H,15,16). The van der Waals surface area contributed by atoms with Crippen molar-refractivity contribution in [2.75, 3.05) is 13.1 Å². The Bertz CT molecular complexity index is 277. The zero-order valence-corrected chi connectivity index (χ0v) is 10.2. The van der Waals surface area contributed by atoms with Gasteiger partial charge in [-0.25, -0.2) is 0 Å². The van der Waals surface area contributed by atoms with Gasteiger partial charge in [-0.2, -0.15) is 0 Å². The monoisotopic (exact) mass is 227 g/mol. The molecule has 1 rings (SSSR count). The lowest BCUT2D eigenvalue weighted by molar-refractivity contribution is -0.155. The van der Waals surface area contributed by atoms with Crippen molar-refractivity contribution in [1.29, 1.82) is 0 Å². The minimum Gasteiger partial charge on any atom is -0.481 e. The highest BCUT2D eigenvalue weighted by Gasteiger charge is 2.41.